The highest BCUT2D eigenvalue weighted by Gasteiger charge is 2.14. The predicted molar refractivity (Wildman–Crippen MR) is 67.9 cm³/mol. The molecule has 0 saturated carbocycles. The van der Waals surface area contributed by atoms with Gasteiger partial charge in [0.15, 0.2) is 11.6 Å². The maximum absolute atomic E-state index is 5.55. The summed E-state index contributed by atoms with van der Waals surface area (Å²) >= 11 is 0. The van der Waals surface area contributed by atoms with Crippen molar-refractivity contribution < 1.29 is 0 Å². The fraction of sp³-hybridized carbons (Fsp3) is 0.250. The lowest BCUT2D eigenvalue weighted by atomic mass is 10.2. The van der Waals surface area contributed by atoms with Crippen molar-refractivity contribution in [2.75, 3.05) is 6.54 Å². The first-order valence-electron chi connectivity index (χ1n) is 5.83. The second-order valence-electron chi connectivity index (χ2n) is 4.12. The van der Waals surface area contributed by atoms with Crippen LogP contribution in [0.4, 0.5) is 0 Å². The van der Waals surface area contributed by atoms with Gasteiger partial charge < -0.3 is 5.73 Å². The molecule has 0 unspecified atom stereocenters. The molecule has 0 amide bonds. The Balaban J connectivity index is 2.17. The summed E-state index contributed by atoms with van der Waals surface area (Å²) in [5, 5.41) is 12.8. The van der Waals surface area contributed by atoms with Crippen molar-refractivity contribution in [2.45, 2.75) is 6.42 Å². The first-order chi connectivity index (χ1) is 8.81. The van der Waals surface area contributed by atoms with Gasteiger partial charge in [-0.05, 0) is 6.54 Å². The van der Waals surface area contributed by atoms with Gasteiger partial charge in [0.2, 0.25) is 0 Å². The summed E-state index contributed by atoms with van der Waals surface area (Å²) in [4.78, 5) is 0. The van der Waals surface area contributed by atoms with Crippen molar-refractivity contribution in [3.63, 3.8) is 0 Å². The van der Waals surface area contributed by atoms with Crippen LogP contribution in [0.5, 0.6) is 0 Å². The van der Waals surface area contributed by atoms with Gasteiger partial charge in [0.1, 0.15) is 0 Å². The number of fused-ring (bicyclic) bond motifs is 1. The predicted octanol–water partition coefficient (Wildman–Crippen LogP) is 0.631. The molecule has 0 aliphatic carbocycles. The lowest BCUT2D eigenvalue weighted by molar-refractivity contribution is 0.799. The molecular formula is C12H14N6. The Morgan fingerprint density at radius 1 is 1.17 bits per heavy atom. The van der Waals surface area contributed by atoms with E-state index in [1.165, 1.54) is 0 Å². The number of rotatable bonds is 3. The Morgan fingerprint density at radius 3 is 2.67 bits per heavy atom. The van der Waals surface area contributed by atoms with E-state index in [1.807, 2.05) is 41.9 Å². The summed E-state index contributed by atoms with van der Waals surface area (Å²) < 4.78 is 3.69. The van der Waals surface area contributed by atoms with Crippen LogP contribution in [0.2, 0.25) is 0 Å². The van der Waals surface area contributed by atoms with E-state index in [1.54, 1.807) is 4.52 Å². The Morgan fingerprint density at radius 2 is 1.94 bits per heavy atom. The van der Waals surface area contributed by atoms with E-state index < -0.39 is 0 Å². The van der Waals surface area contributed by atoms with Crippen LogP contribution in [0.25, 0.3) is 17.2 Å². The van der Waals surface area contributed by atoms with Crippen LogP contribution in [0.1, 0.15) is 5.82 Å². The quantitative estimate of drug-likeness (QED) is 0.731. The van der Waals surface area contributed by atoms with Gasteiger partial charge in [-0.2, -0.15) is 4.52 Å². The molecule has 0 spiro atoms. The zero-order valence-electron chi connectivity index (χ0n) is 10.1. The Bertz CT molecular complexity index is 667. The van der Waals surface area contributed by atoms with Gasteiger partial charge >= 0.3 is 0 Å². The Kier molecular flexibility index (Phi) is 2.56. The standard InChI is InChI=1S/C12H14N6/c1-17-11(9-5-3-2-4-6-9)16-18-10(7-8-13)14-15-12(17)18/h2-6H,7-8,13H2,1H3. The van der Waals surface area contributed by atoms with Crippen molar-refractivity contribution >= 4 is 5.78 Å². The SMILES string of the molecule is Cn1c(-c2ccccc2)nn2c(CCN)nnc12. The maximum atomic E-state index is 5.55. The third-order valence-electron chi connectivity index (χ3n) is 2.90. The molecule has 2 heterocycles. The van der Waals surface area contributed by atoms with E-state index in [9.17, 15) is 0 Å². The third kappa shape index (κ3) is 1.58. The molecule has 0 aliphatic heterocycles. The summed E-state index contributed by atoms with van der Waals surface area (Å²) in [7, 11) is 1.94. The third-order valence-corrected chi connectivity index (χ3v) is 2.90. The highest BCUT2D eigenvalue weighted by atomic mass is 15.5. The summed E-state index contributed by atoms with van der Waals surface area (Å²) in [6, 6.07) is 10.0. The normalized spacial score (nSPS) is 11.2. The topological polar surface area (TPSA) is 74.0 Å². The smallest absolute Gasteiger partial charge is 0.253 e. The molecule has 92 valence electrons. The first kappa shape index (κ1) is 10.9. The Hall–Kier alpha value is -2.21. The van der Waals surface area contributed by atoms with Crippen molar-refractivity contribution in [2.24, 2.45) is 12.8 Å². The highest BCUT2D eigenvalue weighted by molar-refractivity contribution is 5.57. The zero-order chi connectivity index (χ0) is 12.5. The largest absolute Gasteiger partial charge is 0.330 e. The molecule has 18 heavy (non-hydrogen) atoms. The average molecular weight is 242 g/mol. The van der Waals surface area contributed by atoms with Gasteiger partial charge in [-0.15, -0.1) is 15.3 Å². The fourth-order valence-corrected chi connectivity index (χ4v) is 1.99. The van der Waals surface area contributed by atoms with Gasteiger partial charge in [-0.1, -0.05) is 30.3 Å². The van der Waals surface area contributed by atoms with Crippen molar-refractivity contribution in [3.05, 3.63) is 36.2 Å². The number of hydrogen-bond donors (Lipinski definition) is 1. The molecule has 0 bridgehead atoms. The van der Waals surface area contributed by atoms with Crippen LogP contribution < -0.4 is 5.73 Å². The van der Waals surface area contributed by atoms with Gasteiger partial charge in [-0.25, -0.2) is 0 Å². The maximum Gasteiger partial charge on any atom is 0.253 e. The molecule has 3 rings (SSSR count). The molecule has 2 N–H and O–H groups in total. The lowest BCUT2D eigenvalue weighted by Crippen LogP contribution is -2.06. The van der Waals surface area contributed by atoms with Crippen LogP contribution in [0.15, 0.2) is 30.3 Å². The summed E-state index contributed by atoms with van der Waals surface area (Å²) in [6.45, 7) is 0.540. The summed E-state index contributed by atoms with van der Waals surface area (Å²) in [5.41, 5.74) is 6.61. The van der Waals surface area contributed by atoms with Gasteiger partial charge in [0.05, 0.1) is 0 Å². The minimum absolute atomic E-state index is 0.540. The zero-order valence-corrected chi connectivity index (χ0v) is 10.1. The molecule has 2 aromatic heterocycles. The summed E-state index contributed by atoms with van der Waals surface area (Å²) in [6.07, 6.45) is 0.673. The molecule has 0 aliphatic rings. The first-order valence-corrected chi connectivity index (χ1v) is 5.83. The van der Waals surface area contributed by atoms with Crippen LogP contribution in [-0.4, -0.2) is 30.9 Å². The lowest BCUT2D eigenvalue weighted by Gasteiger charge is -1.98. The van der Waals surface area contributed by atoms with Gasteiger partial charge in [0, 0.05) is 19.0 Å². The number of hydrogen-bond acceptors (Lipinski definition) is 4. The number of benzene rings is 1. The minimum atomic E-state index is 0.540. The molecule has 0 atom stereocenters. The van der Waals surface area contributed by atoms with Gasteiger partial charge in [-0.3, -0.25) is 4.57 Å². The number of aryl methyl sites for hydroxylation is 1. The van der Waals surface area contributed by atoms with E-state index in [0.29, 0.717) is 13.0 Å². The highest BCUT2D eigenvalue weighted by Crippen LogP contribution is 2.18. The van der Waals surface area contributed by atoms with Crippen LogP contribution in [0, 0.1) is 0 Å². The molecule has 3 aromatic rings. The van der Waals surface area contributed by atoms with Crippen molar-refractivity contribution in [1.82, 2.24) is 24.4 Å². The average Bonchev–Trinajstić information content (AvgIpc) is 2.93. The van der Waals surface area contributed by atoms with Crippen LogP contribution in [0.3, 0.4) is 0 Å². The number of aromatic nitrogens is 5. The minimum Gasteiger partial charge on any atom is -0.330 e. The molecule has 1 aromatic carbocycles. The second kappa shape index (κ2) is 4.23. The van der Waals surface area contributed by atoms with E-state index >= 15 is 0 Å². The second-order valence-corrected chi connectivity index (χ2v) is 4.12. The number of nitrogens with two attached hydrogens (primary N) is 1. The van der Waals surface area contributed by atoms with Crippen LogP contribution >= 0.6 is 0 Å². The Labute approximate surface area is 104 Å². The molecule has 0 radical (unpaired) electrons. The van der Waals surface area contributed by atoms with Crippen molar-refractivity contribution in [3.8, 4) is 11.4 Å². The monoisotopic (exact) mass is 242 g/mol. The molecular weight excluding hydrogens is 228 g/mol. The van der Waals surface area contributed by atoms with E-state index in [-0.39, 0.29) is 0 Å². The molecule has 6 nitrogen and oxygen atoms in total. The molecule has 6 heteroatoms. The summed E-state index contributed by atoms with van der Waals surface area (Å²) in [5.74, 6) is 2.40. The van der Waals surface area contributed by atoms with Crippen LogP contribution in [-0.2, 0) is 13.5 Å². The molecule has 0 saturated heterocycles. The fourth-order valence-electron chi connectivity index (χ4n) is 1.99. The van der Waals surface area contributed by atoms with Gasteiger partial charge in [0.25, 0.3) is 5.78 Å². The molecule has 0 fully saturated rings. The van der Waals surface area contributed by atoms with E-state index in [4.69, 9.17) is 5.73 Å². The number of nitrogens with zero attached hydrogens (tertiary/aromatic N) is 5. The van der Waals surface area contributed by atoms with Crippen molar-refractivity contribution in [1.29, 1.82) is 0 Å². The van der Waals surface area contributed by atoms with E-state index in [0.717, 1.165) is 23.0 Å². The van der Waals surface area contributed by atoms with E-state index in [2.05, 4.69) is 15.3 Å².